The van der Waals surface area contributed by atoms with Crippen molar-refractivity contribution in [2.75, 3.05) is 13.1 Å². The van der Waals surface area contributed by atoms with E-state index in [9.17, 15) is 18.4 Å². The summed E-state index contributed by atoms with van der Waals surface area (Å²) in [4.78, 5) is 24.7. The maximum atomic E-state index is 13.5. The van der Waals surface area contributed by atoms with Gasteiger partial charge in [0.05, 0.1) is 5.56 Å². The van der Waals surface area contributed by atoms with Crippen LogP contribution < -0.4 is 5.32 Å². The van der Waals surface area contributed by atoms with Crippen LogP contribution >= 0.6 is 0 Å². The highest BCUT2D eigenvalue weighted by Gasteiger charge is 2.31. The van der Waals surface area contributed by atoms with E-state index in [4.69, 9.17) is 0 Å². The highest BCUT2D eigenvalue weighted by atomic mass is 19.1. The number of rotatable bonds is 1. The molecule has 1 atom stereocenters. The first-order valence-corrected chi connectivity index (χ1v) is 5.54. The molecule has 0 radical (unpaired) electrons. The minimum absolute atomic E-state index is 0.279. The fraction of sp³-hybridized carbons (Fsp3) is 0.333. The van der Waals surface area contributed by atoms with Crippen LogP contribution in [0, 0.1) is 11.6 Å². The molecule has 1 aliphatic heterocycles. The Bertz CT molecular complexity index is 505. The van der Waals surface area contributed by atoms with E-state index in [0.29, 0.717) is 6.54 Å². The van der Waals surface area contributed by atoms with Gasteiger partial charge in [-0.15, -0.1) is 0 Å². The van der Waals surface area contributed by atoms with Gasteiger partial charge in [-0.2, -0.15) is 0 Å². The van der Waals surface area contributed by atoms with Crippen LogP contribution in [0.25, 0.3) is 0 Å². The Hall–Kier alpha value is -1.98. The summed E-state index contributed by atoms with van der Waals surface area (Å²) in [6.07, 6.45) is 0. The third-order valence-electron chi connectivity index (χ3n) is 2.92. The number of piperazine rings is 1. The first-order chi connectivity index (χ1) is 8.50. The van der Waals surface area contributed by atoms with Crippen LogP contribution in [0.5, 0.6) is 0 Å². The summed E-state index contributed by atoms with van der Waals surface area (Å²) in [7, 11) is 0. The molecule has 0 bridgehead atoms. The molecule has 1 aromatic rings. The molecule has 0 aromatic heterocycles. The average Bonchev–Trinajstić information content (AvgIpc) is 2.35. The zero-order valence-corrected chi connectivity index (χ0v) is 9.74. The second kappa shape index (κ2) is 4.72. The molecule has 0 spiro atoms. The molecule has 1 saturated heterocycles. The Kier molecular flexibility index (Phi) is 3.27. The molecular weight excluding hydrogens is 242 g/mol. The number of halogens is 2. The molecule has 1 aliphatic rings. The predicted molar refractivity (Wildman–Crippen MR) is 59.9 cm³/mol. The normalized spacial score (nSPS) is 19.6. The number of carbonyl (C=O) groups excluding carboxylic acids is 2. The lowest BCUT2D eigenvalue weighted by Crippen LogP contribution is -2.55. The lowest BCUT2D eigenvalue weighted by molar-refractivity contribution is -0.127. The van der Waals surface area contributed by atoms with E-state index in [2.05, 4.69) is 5.32 Å². The standard InChI is InChI=1S/C12H12F2N2O2/c1-7-11(17)15-4-5-16(7)12(18)9-6-8(13)2-3-10(9)14/h2-3,6-7H,4-5H2,1H3,(H,15,17). The zero-order valence-electron chi connectivity index (χ0n) is 9.74. The van der Waals surface area contributed by atoms with E-state index in [-0.39, 0.29) is 18.0 Å². The van der Waals surface area contributed by atoms with E-state index in [1.54, 1.807) is 6.92 Å². The first-order valence-electron chi connectivity index (χ1n) is 5.54. The second-order valence-corrected chi connectivity index (χ2v) is 4.09. The predicted octanol–water partition coefficient (Wildman–Crippen LogP) is 0.925. The van der Waals surface area contributed by atoms with Gasteiger partial charge in [0.15, 0.2) is 0 Å². The Balaban J connectivity index is 2.30. The number of nitrogens with zero attached hydrogens (tertiary/aromatic N) is 1. The van der Waals surface area contributed by atoms with Crippen molar-refractivity contribution in [3.05, 3.63) is 35.4 Å². The van der Waals surface area contributed by atoms with Crippen LogP contribution in [-0.2, 0) is 4.79 Å². The van der Waals surface area contributed by atoms with Gasteiger partial charge < -0.3 is 10.2 Å². The second-order valence-electron chi connectivity index (χ2n) is 4.09. The number of nitrogens with one attached hydrogen (secondary N) is 1. The molecule has 96 valence electrons. The zero-order chi connectivity index (χ0) is 13.3. The Morgan fingerprint density at radius 2 is 2.17 bits per heavy atom. The average molecular weight is 254 g/mol. The Labute approximate surface area is 103 Å². The minimum Gasteiger partial charge on any atom is -0.353 e. The van der Waals surface area contributed by atoms with Gasteiger partial charge in [0.1, 0.15) is 17.7 Å². The van der Waals surface area contributed by atoms with Crippen LogP contribution in [0.1, 0.15) is 17.3 Å². The largest absolute Gasteiger partial charge is 0.353 e. The summed E-state index contributed by atoms with van der Waals surface area (Å²) in [5, 5.41) is 2.59. The smallest absolute Gasteiger partial charge is 0.257 e. The van der Waals surface area contributed by atoms with Crippen molar-refractivity contribution in [2.24, 2.45) is 0 Å². The maximum absolute atomic E-state index is 13.5. The quantitative estimate of drug-likeness (QED) is 0.810. The number of benzene rings is 1. The Morgan fingerprint density at radius 3 is 2.89 bits per heavy atom. The number of hydrogen-bond donors (Lipinski definition) is 1. The van der Waals surface area contributed by atoms with Crippen molar-refractivity contribution in [2.45, 2.75) is 13.0 Å². The summed E-state index contributed by atoms with van der Waals surface area (Å²) in [5.41, 5.74) is -0.350. The van der Waals surface area contributed by atoms with Gasteiger partial charge in [0.2, 0.25) is 5.91 Å². The van der Waals surface area contributed by atoms with Gasteiger partial charge in [-0.3, -0.25) is 9.59 Å². The molecule has 1 heterocycles. The molecule has 0 saturated carbocycles. The summed E-state index contributed by atoms with van der Waals surface area (Å²) < 4.78 is 26.5. The van der Waals surface area contributed by atoms with Crippen molar-refractivity contribution >= 4 is 11.8 Å². The monoisotopic (exact) mass is 254 g/mol. The van der Waals surface area contributed by atoms with E-state index in [1.165, 1.54) is 4.90 Å². The van der Waals surface area contributed by atoms with Gasteiger partial charge in [0, 0.05) is 13.1 Å². The highest BCUT2D eigenvalue weighted by molar-refractivity contribution is 5.98. The molecule has 4 nitrogen and oxygen atoms in total. The van der Waals surface area contributed by atoms with Crippen LogP contribution in [0.4, 0.5) is 8.78 Å². The van der Waals surface area contributed by atoms with E-state index in [0.717, 1.165) is 18.2 Å². The van der Waals surface area contributed by atoms with Crippen LogP contribution in [0.15, 0.2) is 18.2 Å². The topological polar surface area (TPSA) is 49.4 Å². The van der Waals surface area contributed by atoms with Crippen molar-refractivity contribution < 1.29 is 18.4 Å². The molecule has 0 aliphatic carbocycles. The fourth-order valence-corrected chi connectivity index (χ4v) is 1.88. The molecule has 18 heavy (non-hydrogen) atoms. The van der Waals surface area contributed by atoms with E-state index >= 15 is 0 Å². The van der Waals surface area contributed by atoms with Gasteiger partial charge in [-0.05, 0) is 25.1 Å². The van der Waals surface area contributed by atoms with Crippen LogP contribution in [0.2, 0.25) is 0 Å². The molecule has 1 fully saturated rings. The highest BCUT2D eigenvalue weighted by Crippen LogP contribution is 2.15. The molecule has 2 amide bonds. The van der Waals surface area contributed by atoms with Gasteiger partial charge >= 0.3 is 0 Å². The van der Waals surface area contributed by atoms with Crippen LogP contribution in [0.3, 0.4) is 0 Å². The third kappa shape index (κ3) is 2.18. The summed E-state index contributed by atoms with van der Waals surface area (Å²) in [5.74, 6) is -2.45. The summed E-state index contributed by atoms with van der Waals surface area (Å²) >= 11 is 0. The lowest BCUT2D eigenvalue weighted by atomic mass is 10.1. The van der Waals surface area contributed by atoms with Crippen molar-refractivity contribution in [1.82, 2.24) is 10.2 Å². The molecule has 1 N–H and O–H groups in total. The van der Waals surface area contributed by atoms with Crippen LogP contribution in [-0.4, -0.2) is 35.8 Å². The van der Waals surface area contributed by atoms with Crippen molar-refractivity contribution in [1.29, 1.82) is 0 Å². The lowest BCUT2D eigenvalue weighted by Gasteiger charge is -2.32. The number of carbonyl (C=O) groups is 2. The summed E-state index contributed by atoms with van der Waals surface area (Å²) in [6.45, 7) is 2.14. The SMILES string of the molecule is CC1C(=O)NCCN1C(=O)c1cc(F)ccc1F. The van der Waals surface area contributed by atoms with Gasteiger partial charge in [-0.25, -0.2) is 8.78 Å². The Morgan fingerprint density at radius 1 is 1.44 bits per heavy atom. The molecule has 2 rings (SSSR count). The molecule has 6 heteroatoms. The summed E-state index contributed by atoms with van der Waals surface area (Å²) in [6, 6.07) is 2.00. The van der Waals surface area contributed by atoms with Crippen molar-refractivity contribution in [3.63, 3.8) is 0 Å². The third-order valence-corrected chi connectivity index (χ3v) is 2.92. The van der Waals surface area contributed by atoms with E-state index in [1.807, 2.05) is 0 Å². The van der Waals surface area contributed by atoms with Crippen molar-refractivity contribution in [3.8, 4) is 0 Å². The molecule has 1 unspecified atom stereocenters. The number of amides is 2. The first kappa shape index (κ1) is 12.5. The molecular formula is C12H12F2N2O2. The van der Waals surface area contributed by atoms with E-state index < -0.39 is 23.6 Å². The van der Waals surface area contributed by atoms with Gasteiger partial charge in [-0.1, -0.05) is 0 Å². The van der Waals surface area contributed by atoms with Gasteiger partial charge in [0.25, 0.3) is 5.91 Å². The number of hydrogen-bond acceptors (Lipinski definition) is 2. The fourth-order valence-electron chi connectivity index (χ4n) is 1.88. The maximum Gasteiger partial charge on any atom is 0.257 e. The minimum atomic E-state index is -0.792. The molecule has 1 aromatic carbocycles.